The van der Waals surface area contributed by atoms with Gasteiger partial charge < -0.3 is 25.4 Å². The molecular formula is C56H66F2N6O6S2. The molecule has 5 aromatic rings. The van der Waals surface area contributed by atoms with Gasteiger partial charge in [0.2, 0.25) is 22.0 Å². The minimum atomic E-state index is -0.776. The van der Waals surface area contributed by atoms with Gasteiger partial charge in [0.25, 0.3) is 12.0 Å². The highest BCUT2D eigenvalue weighted by Gasteiger charge is 2.29. The van der Waals surface area contributed by atoms with E-state index in [1.165, 1.54) is 12.1 Å². The Labute approximate surface area is 430 Å². The number of aliphatic imine (C=N–C) groups is 1. The van der Waals surface area contributed by atoms with E-state index in [1.807, 2.05) is 55.4 Å². The second-order valence-corrected chi connectivity index (χ2v) is 20.5. The Kier molecular flexibility index (Phi) is 20.2. The lowest BCUT2D eigenvalue weighted by Gasteiger charge is -2.20. The number of carbonyl (C=O) groups is 4. The number of nitrogens with one attached hydrogen (secondary N) is 3. The SMILES string of the molecule is CCO/C1=N/C(CC)=C/CNC(=O)[C@H](CC(C)C)SC(=O)c2ccccc2-c2ccc(c(F)c2)Cn2c(OCC)nc(CC)c2CNC(=O)[C@H](CC(C)C)SC(=O)c2ccccc2-c2ccc(c(F)c2)CN1. The quantitative estimate of drug-likeness (QED) is 0.130. The molecule has 2 atom stereocenters. The van der Waals surface area contributed by atoms with E-state index in [9.17, 15) is 19.2 Å². The summed E-state index contributed by atoms with van der Waals surface area (Å²) in [5.74, 6) is -1.55. The van der Waals surface area contributed by atoms with E-state index in [0.29, 0.717) is 93.9 Å². The average molecular weight is 1020 g/mol. The zero-order valence-corrected chi connectivity index (χ0v) is 44.0. The maximum Gasteiger partial charge on any atom is 0.297 e. The van der Waals surface area contributed by atoms with Crippen molar-refractivity contribution in [3.63, 3.8) is 0 Å². The molecule has 4 aliphatic rings. The molecular weight excluding hydrogens is 955 g/mol. The van der Waals surface area contributed by atoms with Crippen LogP contribution in [0, 0.1) is 23.5 Å². The van der Waals surface area contributed by atoms with Gasteiger partial charge >= 0.3 is 0 Å². The predicted molar refractivity (Wildman–Crippen MR) is 285 cm³/mol. The van der Waals surface area contributed by atoms with E-state index in [4.69, 9.17) is 14.5 Å². The molecule has 72 heavy (non-hydrogen) atoms. The van der Waals surface area contributed by atoms with Crippen LogP contribution in [0.3, 0.4) is 0 Å². The highest BCUT2D eigenvalue weighted by molar-refractivity contribution is 8.15. The highest BCUT2D eigenvalue weighted by atomic mass is 32.2. The summed E-state index contributed by atoms with van der Waals surface area (Å²) in [6.07, 6.45) is 3.59. The van der Waals surface area contributed by atoms with Crippen LogP contribution in [0.25, 0.3) is 22.3 Å². The topological polar surface area (TPSA) is 153 Å². The molecule has 0 aliphatic carbocycles. The fourth-order valence-corrected chi connectivity index (χ4v) is 10.7. The van der Waals surface area contributed by atoms with E-state index >= 15 is 8.78 Å². The molecule has 0 spiro atoms. The van der Waals surface area contributed by atoms with Crippen LogP contribution in [-0.4, -0.2) is 67.9 Å². The number of amides is 2. The monoisotopic (exact) mass is 1020 g/mol. The van der Waals surface area contributed by atoms with Crippen LogP contribution in [0.2, 0.25) is 0 Å². The first-order valence-electron chi connectivity index (χ1n) is 24.7. The maximum absolute atomic E-state index is 16.5. The molecule has 382 valence electrons. The summed E-state index contributed by atoms with van der Waals surface area (Å²) >= 11 is 1.87. The van der Waals surface area contributed by atoms with Crippen LogP contribution in [-0.2, 0) is 40.4 Å². The number of aromatic nitrogens is 2. The molecule has 0 unspecified atom stereocenters. The van der Waals surface area contributed by atoms with Gasteiger partial charge in [-0.15, -0.1) is 0 Å². The normalized spacial score (nSPS) is 18.2. The van der Waals surface area contributed by atoms with Crippen molar-refractivity contribution >= 4 is 51.6 Å². The summed E-state index contributed by atoms with van der Waals surface area (Å²) in [6.45, 7) is 16.2. The van der Waals surface area contributed by atoms with Crippen molar-refractivity contribution in [3.05, 3.63) is 142 Å². The number of allylic oxidation sites excluding steroid dienone is 1. The molecule has 4 bridgehead atoms. The van der Waals surface area contributed by atoms with Gasteiger partial charge in [-0.1, -0.05) is 126 Å². The molecule has 3 N–H and O–H groups in total. The van der Waals surface area contributed by atoms with Gasteiger partial charge in [0.1, 0.15) is 11.6 Å². The van der Waals surface area contributed by atoms with Crippen molar-refractivity contribution in [1.82, 2.24) is 25.5 Å². The van der Waals surface area contributed by atoms with Gasteiger partial charge in [0, 0.05) is 41.0 Å². The molecule has 9 rings (SSSR count). The smallest absolute Gasteiger partial charge is 0.297 e. The third-order valence-corrected chi connectivity index (χ3v) is 14.1. The minimum Gasteiger partial charge on any atom is -0.465 e. The summed E-state index contributed by atoms with van der Waals surface area (Å²) < 4.78 is 46.0. The van der Waals surface area contributed by atoms with Crippen molar-refractivity contribution < 1.29 is 37.4 Å². The van der Waals surface area contributed by atoms with Crippen LogP contribution >= 0.6 is 23.5 Å². The van der Waals surface area contributed by atoms with E-state index in [-0.39, 0.29) is 78.7 Å². The van der Waals surface area contributed by atoms with E-state index in [0.717, 1.165) is 23.5 Å². The van der Waals surface area contributed by atoms with Crippen molar-refractivity contribution in [2.75, 3.05) is 19.8 Å². The number of aryl methyl sites for hydroxylation is 1. The fraction of sp³-hybridized carbons (Fsp3) is 0.393. The summed E-state index contributed by atoms with van der Waals surface area (Å²) in [7, 11) is 0. The van der Waals surface area contributed by atoms with E-state index in [1.54, 1.807) is 83.4 Å². The second-order valence-electron chi connectivity index (χ2n) is 18.1. The first-order chi connectivity index (χ1) is 34.6. The zero-order valence-electron chi connectivity index (χ0n) is 42.4. The lowest BCUT2D eigenvalue weighted by Crippen LogP contribution is -2.35. The van der Waals surface area contributed by atoms with Crippen LogP contribution in [0.1, 0.15) is 118 Å². The van der Waals surface area contributed by atoms with Crippen LogP contribution in [0.15, 0.2) is 102 Å². The number of benzene rings is 4. The molecule has 0 saturated carbocycles. The Bertz CT molecular complexity index is 2790. The number of rotatable bonds is 9. The molecule has 1 aromatic heterocycles. The third kappa shape index (κ3) is 14.5. The number of nitrogens with zero attached hydrogens (tertiary/aromatic N) is 3. The van der Waals surface area contributed by atoms with Gasteiger partial charge in [0.15, 0.2) is 0 Å². The molecule has 5 heterocycles. The largest absolute Gasteiger partial charge is 0.465 e. The number of carbonyl (C=O) groups excluding carboxylic acids is 4. The van der Waals surface area contributed by atoms with Gasteiger partial charge in [-0.25, -0.2) is 13.8 Å². The number of hydrogen-bond acceptors (Lipinski definition) is 11. The van der Waals surface area contributed by atoms with Crippen LogP contribution in [0.5, 0.6) is 6.01 Å². The predicted octanol–water partition coefficient (Wildman–Crippen LogP) is 11.3. The zero-order chi connectivity index (χ0) is 51.9. The molecule has 4 aliphatic heterocycles. The Hall–Kier alpha value is -6.26. The van der Waals surface area contributed by atoms with Crippen molar-refractivity contribution in [1.29, 1.82) is 0 Å². The minimum absolute atomic E-state index is 0.0224. The summed E-state index contributed by atoms with van der Waals surface area (Å²) in [5, 5.41) is 6.97. The van der Waals surface area contributed by atoms with Crippen LogP contribution < -0.4 is 20.7 Å². The molecule has 12 nitrogen and oxygen atoms in total. The second kappa shape index (κ2) is 26.4. The Morgan fingerprint density at radius 3 is 1.68 bits per heavy atom. The summed E-state index contributed by atoms with van der Waals surface area (Å²) in [4.78, 5) is 65.8. The van der Waals surface area contributed by atoms with Gasteiger partial charge in [0.05, 0.1) is 48.2 Å². The van der Waals surface area contributed by atoms with Gasteiger partial charge in [-0.2, -0.15) is 4.98 Å². The lowest BCUT2D eigenvalue weighted by atomic mass is 9.99. The summed E-state index contributed by atoms with van der Waals surface area (Å²) in [5.41, 5.74) is 5.24. The van der Waals surface area contributed by atoms with Crippen molar-refractivity contribution in [3.8, 4) is 28.3 Å². The van der Waals surface area contributed by atoms with Gasteiger partial charge in [-0.05, 0) is 104 Å². The Morgan fingerprint density at radius 1 is 0.653 bits per heavy atom. The Morgan fingerprint density at radius 2 is 1.18 bits per heavy atom. The fourth-order valence-electron chi connectivity index (χ4n) is 8.25. The summed E-state index contributed by atoms with van der Waals surface area (Å²) in [6, 6.07) is 24.0. The van der Waals surface area contributed by atoms with Gasteiger partial charge in [-0.3, -0.25) is 23.7 Å². The molecule has 16 heteroatoms. The molecule has 0 saturated heterocycles. The van der Waals surface area contributed by atoms with Crippen LogP contribution in [0.4, 0.5) is 8.78 Å². The Balaban J connectivity index is 1.40. The van der Waals surface area contributed by atoms with Crippen molar-refractivity contribution in [2.45, 2.75) is 111 Å². The molecule has 2 amide bonds. The number of imidazole rings is 1. The molecule has 4 aromatic carbocycles. The highest BCUT2D eigenvalue weighted by Crippen LogP contribution is 2.34. The number of ether oxygens (including phenoxy) is 2. The molecule has 0 radical (unpaired) electrons. The maximum atomic E-state index is 16.5. The lowest BCUT2D eigenvalue weighted by molar-refractivity contribution is -0.121. The number of hydrogen-bond donors (Lipinski definition) is 3. The third-order valence-electron chi connectivity index (χ3n) is 11.9. The first kappa shape index (κ1) is 55.1. The molecule has 0 fully saturated rings. The van der Waals surface area contributed by atoms with Crippen molar-refractivity contribution in [2.24, 2.45) is 16.8 Å². The average Bonchev–Trinajstić information content (AvgIpc) is 3.69. The standard InChI is InChI=1S/C56H66F2N6O6S2/c1-9-40-25-26-59-51(65)49(27-34(5)6)71-53(67)44-20-16-14-18-42(44)37-22-24-39(46(58)30-37)33-64-48(47(10-2)63-56(64)70-12-4)32-60-52(66)50(28-35(7)8)72-54(68)43-19-15-13-17-41(43)36-21-23-38(45(57)29-36)31-61-55(62-40)69-11-3/h13-25,29-30,34-35,49-50H,9-12,26-28,31-33H2,1-8H3,(H,59,65)(H,60,66)(H,61,62)/b40-25+/t49-,50-/m0/s1. The number of halogens is 2. The van der Waals surface area contributed by atoms with E-state index in [2.05, 4.69) is 20.9 Å². The number of thioether (sulfide) groups is 2. The van der Waals surface area contributed by atoms with E-state index < -0.39 is 22.1 Å². The first-order valence-corrected chi connectivity index (χ1v) is 26.5. The number of amidine groups is 1.